The van der Waals surface area contributed by atoms with Crippen LogP contribution >= 0.6 is 0 Å². The number of nitrogens with two attached hydrogens (primary N) is 2. The Hall–Kier alpha value is -5.21. The van der Waals surface area contributed by atoms with Crippen molar-refractivity contribution in [2.45, 2.75) is 19.0 Å². The van der Waals surface area contributed by atoms with E-state index in [-0.39, 0.29) is 17.7 Å². The maximum Gasteiger partial charge on any atom is 0.490 e. The Bertz CT molecular complexity index is 1630. The quantitative estimate of drug-likeness (QED) is 0.167. The number of guanidine groups is 2. The summed E-state index contributed by atoms with van der Waals surface area (Å²) < 4.78 is 48.8. The van der Waals surface area contributed by atoms with Gasteiger partial charge in [0.25, 0.3) is 0 Å². The summed E-state index contributed by atoms with van der Waals surface area (Å²) in [7, 11) is 1.84. The maximum atomic E-state index is 15.2. The minimum Gasteiger partial charge on any atom is -0.475 e. The number of halogens is 4. The molecule has 0 fully saturated rings. The van der Waals surface area contributed by atoms with Gasteiger partial charge in [0.1, 0.15) is 5.82 Å². The summed E-state index contributed by atoms with van der Waals surface area (Å²) in [6.45, 7) is 2.56. The molecule has 2 aliphatic rings. The lowest BCUT2D eigenvalue weighted by molar-refractivity contribution is -0.192. The van der Waals surface area contributed by atoms with Gasteiger partial charge >= 0.3 is 12.1 Å². The van der Waals surface area contributed by atoms with Gasteiger partial charge in [0, 0.05) is 38.8 Å². The molecule has 7 N–H and O–H groups in total. The Morgan fingerprint density at radius 1 is 0.841 bits per heavy atom. The fourth-order valence-corrected chi connectivity index (χ4v) is 4.84. The van der Waals surface area contributed by atoms with E-state index in [1.54, 1.807) is 17.0 Å². The molecular weight excluding hydrogens is 582 g/mol. The number of carboxylic acid groups (broad SMARTS) is 1. The van der Waals surface area contributed by atoms with E-state index in [0.717, 1.165) is 35.2 Å². The molecule has 232 valence electrons. The Kier molecular flexibility index (Phi) is 9.35. The lowest BCUT2D eigenvalue weighted by Gasteiger charge is -2.26. The zero-order valence-corrected chi connectivity index (χ0v) is 23.7. The minimum absolute atomic E-state index is 0.0524. The van der Waals surface area contributed by atoms with Gasteiger partial charge in [0.15, 0.2) is 23.6 Å². The van der Waals surface area contributed by atoms with Gasteiger partial charge in [-0.2, -0.15) is 13.2 Å². The number of benzene rings is 2. The number of nitrogens with one attached hydrogen (secondary N) is 2. The van der Waals surface area contributed by atoms with E-state index in [4.69, 9.17) is 32.2 Å². The molecule has 0 saturated carbocycles. The molecule has 11 nitrogen and oxygen atoms in total. The van der Waals surface area contributed by atoms with Crippen LogP contribution in [0.15, 0.2) is 54.6 Å². The molecule has 0 bridgehead atoms. The fourth-order valence-electron chi connectivity index (χ4n) is 4.84. The maximum absolute atomic E-state index is 15.2. The van der Waals surface area contributed by atoms with E-state index in [1.165, 1.54) is 5.57 Å². The number of hydrogen-bond donors (Lipinski definition) is 5. The van der Waals surface area contributed by atoms with Crippen LogP contribution in [0.1, 0.15) is 24.0 Å². The Morgan fingerprint density at radius 2 is 1.30 bits per heavy atom. The van der Waals surface area contributed by atoms with Crippen molar-refractivity contribution in [3.05, 3.63) is 71.6 Å². The molecule has 0 aliphatic carbocycles. The highest BCUT2D eigenvalue weighted by Crippen LogP contribution is 2.30. The third-order valence-corrected chi connectivity index (χ3v) is 7.31. The summed E-state index contributed by atoms with van der Waals surface area (Å²) in [5, 5.41) is 30.9. The Labute approximate surface area is 250 Å². The van der Waals surface area contributed by atoms with E-state index >= 15 is 4.39 Å². The summed E-state index contributed by atoms with van der Waals surface area (Å²) in [6.07, 6.45) is 0.546. The van der Waals surface area contributed by atoms with E-state index in [2.05, 4.69) is 28.4 Å². The van der Waals surface area contributed by atoms with Gasteiger partial charge in [-0.05, 0) is 47.2 Å². The molecule has 0 spiro atoms. The van der Waals surface area contributed by atoms with Crippen LogP contribution in [-0.2, 0) is 11.8 Å². The first-order valence-electron chi connectivity index (χ1n) is 13.4. The molecular formula is C29H31F4N9O2. The van der Waals surface area contributed by atoms with E-state index in [0.29, 0.717) is 43.3 Å². The molecule has 0 amide bonds. The first kappa shape index (κ1) is 31.7. The molecule has 44 heavy (non-hydrogen) atoms. The second-order valence-corrected chi connectivity index (χ2v) is 10.1. The predicted molar refractivity (Wildman–Crippen MR) is 158 cm³/mol. The van der Waals surface area contributed by atoms with Crippen molar-refractivity contribution in [3.63, 3.8) is 0 Å². The molecule has 0 unspecified atom stereocenters. The third-order valence-electron chi connectivity index (χ3n) is 7.31. The summed E-state index contributed by atoms with van der Waals surface area (Å²) in [4.78, 5) is 12.5. The number of aromatic nitrogens is 3. The highest BCUT2D eigenvalue weighted by Gasteiger charge is 2.38. The van der Waals surface area contributed by atoms with E-state index < -0.39 is 12.1 Å². The smallest absolute Gasteiger partial charge is 0.475 e. The number of rotatable bonds is 4. The van der Waals surface area contributed by atoms with Crippen molar-refractivity contribution in [3.8, 4) is 22.8 Å². The van der Waals surface area contributed by atoms with Crippen molar-refractivity contribution in [1.82, 2.24) is 24.6 Å². The van der Waals surface area contributed by atoms with E-state index in [1.807, 2.05) is 40.8 Å². The van der Waals surface area contributed by atoms with Gasteiger partial charge in [0.05, 0.1) is 5.56 Å². The average Bonchev–Trinajstić information content (AvgIpc) is 3.37. The predicted octanol–water partition coefficient (Wildman–Crippen LogP) is 3.89. The highest BCUT2D eigenvalue weighted by atomic mass is 19.4. The monoisotopic (exact) mass is 613 g/mol. The van der Waals surface area contributed by atoms with Crippen molar-refractivity contribution < 1.29 is 27.5 Å². The zero-order chi connectivity index (χ0) is 32.2. The van der Waals surface area contributed by atoms with Gasteiger partial charge in [-0.15, -0.1) is 10.2 Å². The third kappa shape index (κ3) is 7.22. The van der Waals surface area contributed by atoms with Gasteiger partial charge in [-0.1, -0.05) is 42.5 Å². The summed E-state index contributed by atoms with van der Waals surface area (Å²) >= 11 is 0. The summed E-state index contributed by atoms with van der Waals surface area (Å²) in [6, 6.07) is 13.3. The number of hydrogen-bond acceptors (Lipinski definition) is 5. The molecule has 0 saturated heterocycles. The zero-order valence-electron chi connectivity index (χ0n) is 23.7. The SMILES string of the molecule is Cn1c(-c2ccc(C3=CCN(C(=N)N)CC3)cc2)nnc1-c1ccc(C2=CCN(C(=N)N)CC2)cc1F.O=C(O)C(F)(F)F. The van der Waals surface area contributed by atoms with Crippen LogP contribution in [0, 0.1) is 16.6 Å². The molecule has 0 atom stereocenters. The van der Waals surface area contributed by atoms with Gasteiger partial charge < -0.3 is 30.9 Å². The van der Waals surface area contributed by atoms with Crippen molar-refractivity contribution in [2.24, 2.45) is 18.5 Å². The number of carboxylic acids is 1. The largest absolute Gasteiger partial charge is 0.490 e. The molecule has 2 aliphatic heterocycles. The van der Waals surface area contributed by atoms with Crippen LogP contribution < -0.4 is 11.5 Å². The summed E-state index contributed by atoms with van der Waals surface area (Å²) in [5.74, 6) is -1.84. The Morgan fingerprint density at radius 3 is 1.73 bits per heavy atom. The first-order valence-corrected chi connectivity index (χ1v) is 13.4. The van der Waals surface area contributed by atoms with Crippen LogP contribution in [0.25, 0.3) is 33.9 Å². The van der Waals surface area contributed by atoms with Crippen LogP contribution in [0.2, 0.25) is 0 Å². The van der Waals surface area contributed by atoms with Crippen molar-refractivity contribution >= 4 is 29.0 Å². The summed E-state index contributed by atoms with van der Waals surface area (Å²) in [5.41, 5.74) is 16.7. The average molecular weight is 614 g/mol. The highest BCUT2D eigenvalue weighted by molar-refractivity contribution is 5.78. The molecule has 1 aromatic heterocycles. The van der Waals surface area contributed by atoms with Crippen LogP contribution in [0.4, 0.5) is 17.6 Å². The molecule has 3 heterocycles. The van der Waals surface area contributed by atoms with Crippen molar-refractivity contribution in [1.29, 1.82) is 10.8 Å². The lowest BCUT2D eigenvalue weighted by atomic mass is 9.98. The molecule has 3 aromatic rings. The standard InChI is InChI=1S/C27H30FN9.C2HF3O2/c1-35-24(20-4-2-17(3-5-20)18-8-12-36(13-9-18)26(29)30)33-34-25(35)22-7-6-21(16-23(22)28)19-10-14-37(15-11-19)27(31)32;3-2(4,5)1(6)7/h2-8,10,16H,9,11-15H2,1H3,(H3,29,30)(H3,31,32);(H,6,7). The van der Waals surface area contributed by atoms with Crippen LogP contribution in [0.3, 0.4) is 0 Å². The van der Waals surface area contributed by atoms with Crippen LogP contribution in [-0.4, -0.2) is 79.9 Å². The molecule has 5 rings (SSSR count). The number of nitrogens with zero attached hydrogens (tertiary/aromatic N) is 5. The fraction of sp³-hybridized carbons (Fsp3) is 0.276. The molecule has 2 aromatic carbocycles. The molecule has 15 heteroatoms. The molecule has 0 radical (unpaired) electrons. The minimum atomic E-state index is -5.08. The van der Waals surface area contributed by atoms with Gasteiger partial charge in [0.2, 0.25) is 0 Å². The van der Waals surface area contributed by atoms with Gasteiger partial charge in [-0.25, -0.2) is 9.18 Å². The first-order chi connectivity index (χ1) is 20.8. The topological polar surface area (TPSA) is 174 Å². The number of aliphatic carboxylic acids is 1. The van der Waals surface area contributed by atoms with Crippen LogP contribution in [0.5, 0.6) is 0 Å². The second kappa shape index (κ2) is 13.0. The van der Waals surface area contributed by atoms with Crippen molar-refractivity contribution in [2.75, 3.05) is 26.2 Å². The van der Waals surface area contributed by atoms with E-state index in [9.17, 15) is 13.2 Å². The Balaban J connectivity index is 0.000000566. The van der Waals surface area contributed by atoms with Gasteiger partial charge in [-0.3, -0.25) is 10.8 Å². The second-order valence-electron chi connectivity index (χ2n) is 10.1. The number of carbonyl (C=O) groups is 1. The normalized spacial score (nSPS) is 15.1. The number of alkyl halides is 3. The lowest BCUT2D eigenvalue weighted by Crippen LogP contribution is -2.39.